The van der Waals surface area contributed by atoms with E-state index in [1.54, 1.807) is 0 Å². The first-order valence-electron chi connectivity index (χ1n) is 21.1. The zero-order valence-corrected chi connectivity index (χ0v) is 36.8. The van der Waals surface area contributed by atoms with Gasteiger partial charge in [0.05, 0.1) is 159 Å². The Balaban J connectivity index is 5.46. The lowest BCUT2D eigenvalue weighted by Crippen LogP contribution is -2.38. The van der Waals surface area contributed by atoms with Crippen molar-refractivity contribution in [1.29, 1.82) is 0 Å². The van der Waals surface area contributed by atoms with Gasteiger partial charge < -0.3 is 118 Å². The molecule has 12 unspecified atom stereocenters. The largest absolute Gasteiger partial charge is 0.394 e. The SMILES string of the molecule is CCC(C)(COCC(O)COCC(O)COCC(O)CO)COCC(COCC(O)COCC(O)CO)OCC(COCC(O)COCC(O)CO)OCC(CO)OCC(O)CO. The van der Waals surface area contributed by atoms with Gasteiger partial charge in [0, 0.05) is 5.41 Å². The zero-order valence-electron chi connectivity index (χ0n) is 36.8. The number of aliphatic hydroxyl groups excluding tert-OH is 13. The van der Waals surface area contributed by atoms with Crippen molar-refractivity contribution in [2.24, 2.45) is 5.41 Å². The number of hydrogen-bond acceptors (Lipinski definition) is 24. The van der Waals surface area contributed by atoms with Crippen molar-refractivity contribution in [3.63, 3.8) is 0 Å². The molecule has 0 heterocycles. The molecule has 0 fully saturated rings. The second kappa shape index (κ2) is 40.1. The molecule has 0 saturated heterocycles. The first kappa shape index (κ1) is 62.0. The molecular weight excluding hydrogens is 852 g/mol. The Morgan fingerprint density at radius 1 is 0.302 bits per heavy atom. The lowest BCUT2D eigenvalue weighted by molar-refractivity contribution is -0.143. The Morgan fingerprint density at radius 3 is 0.905 bits per heavy atom. The Morgan fingerprint density at radius 2 is 0.556 bits per heavy atom. The Kier molecular flexibility index (Phi) is 39.5. The highest BCUT2D eigenvalue weighted by atomic mass is 16.6. The van der Waals surface area contributed by atoms with Crippen LogP contribution in [0.3, 0.4) is 0 Å². The first-order valence-corrected chi connectivity index (χ1v) is 21.1. The number of hydrogen-bond donors (Lipinski definition) is 13. The fourth-order valence-corrected chi connectivity index (χ4v) is 4.73. The summed E-state index contributed by atoms with van der Waals surface area (Å²) in [5.74, 6) is 0. The van der Waals surface area contributed by atoms with Crippen molar-refractivity contribution >= 4 is 0 Å². The summed E-state index contributed by atoms with van der Waals surface area (Å²) in [6.45, 7) is -0.846. The van der Waals surface area contributed by atoms with Gasteiger partial charge in [-0.1, -0.05) is 13.8 Å². The molecule has 0 rings (SSSR count). The highest BCUT2D eigenvalue weighted by Gasteiger charge is 2.26. The van der Waals surface area contributed by atoms with E-state index in [0.717, 1.165) is 0 Å². The second-order valence-corrected chi connectivity index (χ2v) is 15.4. The number of aliphatic hydroxyl groups is 13. The molecule has 0 aliphatic rings. The van der Waals surface area contributed by atoms with Crippen LogP contribution in [0, 0.1) is 5.41 Å². The molecule has 0 bridgehead atoms. The molecule has 0 aliphatic heterocycles. The third kappa shape index (κ3) is 35.8. The molecule has 0 spiro atoms. The minimum atomic E-state index is -1.17. The third-order valence-electron chi connectivity index (χ3n) is 8.69. The number of ether oxygens (including phenoxy) is 11. The molecule has 0 amide bonds. The fraction of sp³-hybridized carbons (Fsp3) is 1.00. The summed E-state index contributed by atoms with van der Waals surface area (Å²) in [5, 5.41) is 124. The molecule has 0 aliphatic carbocycles. The van der Waals surface area contributed by atoms with E-state index in [9.17, 15) is 46.0 Å². The highest BCUT2D eigenvalue weighted by Crippen LogP contribution is 2.22. The van der Waals surface area contributed by atoms with E-state index < -0.39 is 106 Å². The van der Waals surface area contributed by atoms with Crippen molar-refractivity contribution in [1.82, 2.24) is 0 Å². The summed E-state index contributed by atoms with van der Waals surface area (Å²) < 4.78 is 61.5. The van der Waals surface area contributed by atoms with Crippen LogP contribution in [0.1, 0.15) is 20.3 Å². The summed E-state index contributed by atoms with van der Waals surface area (Å²) in [6.07, 6.45) is -10.5. The molecular formula is C39H80O24. The van der Waals surface area contributed by atoms with Crippen LogP contribution < -0.4 is 0 Å². The van der Waals surface area contributed by atoms with E-state index in [0.29, 0.717) is 6.42 Å². The molecule has 0 aromatic heterocycles. The van der Waals surface area contributed by atoms with Crippen LogP contribution in [0.15, 0.2) is 0 Å². The third-order valence-corrected chi connectivity index (χ3v) is 8.69. The molecule has 12 atom stereocenters. The summed E-state index contributed by atoms with van der Waals surface area (Å²) in [6, 6.07) is 0. The Hall–Kier alpha value is -0.960. The van der Waals surface area contributed by atoms with Gasteiger partial charge in [0.1, 0.15) is 67.1 Å². The maximum atomic E-state index is 10.3. The predicted molar refractivity (Wildman–Crippen MR) is 218 cm³/mol. The van der Waals surface area contributed by atoms with E-state index in [-0.39, 0.29) is 126 Å². The van der Waals surface area contributed by atoms with Crippen molar-refractivity contribution in [2.75, 3.05) is 159 Å². The smallest absolute Gasteiger partial charge is 0.104 e. The van der Waals surface area contributed by atoms with Gasteiger partial charge in [0.15, 0.2) is 0 Å². The van der Waals surface area contributed by atoms with Gasteiger partial charge in [-0.25, -0.2) is 0 Å². The van der Waals surface area contributed by atoms with Crippen molar-refractivity contribution < 1.29 is 118 Å². The molecule has 0 aromatic carbocycles. The fourth-order valence-electron chi connectivity index (χ4n) is 4.73. The standard InChI is InChI=1S/C39H80O24/c1-3-39(2,26-59-19-35(52)16-56-15-32(49)12-53-9-28(45)4-40)27-60-23-37(21-57-17-33(50)13-54-10-29(46)5-41)63-25-38(62-24-36(8-44)61-20-31(48)7-43)22-58-18-34(51)14-55-11-30(47)6-42/h28-38,40-52H,3-27H2,1-2H3. The van der Waals surface area contributed by atoms with Crippen LogP contribution in [0.25, 0.3) is 0 Å². The van der Waals surface area contributed by atoms with Gasteiger partial charge in [-0.15, -0.1) is 0 Å². The average molecular weight is 933 g/mol. The molecule has 63 heavy (non-hydrogen) atoms. The molecule has 24 nitrogen and oxygen atoms in total. The van der Waals surface area contributed by atoms with Gasteiger partial charge >= 0.3 is 0 Å². The minimum Gasteiger partial charge on any atom is -0.394 e. The maximum absolute atomic E-state index is 10.3. The summed E-state index contributed by atoms with van der Waals surface area (Å²) in [4.78, 5) is 0. The first-order chi connectivity index (χ1) is 30.1. The van der Waals surface area contributed by atoms with Crippen molar-refractivity contribution in [3.05, 3.63) is 0 Å². The molecule has 0 saturated carbocycles. The highest BCUT2D eigenvalue weighted by molar-refractivity contribution is 4.73. The Labute approximate surface area is 369 Å². The lowest BCUT2D eigenvalue weighted by Gasteiger charge is -2.30. The van der Waals surface area contributed by atoms with Crippen LogP contribution in [-0.2, 0) is 52.1 Å². The topological polar surface area (TPSA) is 365 Å². The second-order valence-electron chi connectivity index (χ2n) is 15.4. The maximum Gasteiger partial charge on any atom is 0.104 e. The van der Waals surface area contributed by atoms with Gasteiger partial charge in [0.2, 0.25) is 0 Å². The summed E-state index contributed by atoms with van der Waals surface area (Å²) >= 11 is 0. The predicted octanol–water partition coefficient (Wildman–Crippen LogP) is -6.46. The number of rotatable bonds is 47. The van der Waals surface area contributed by atoms with E-state index in [1.807, 2.05) is 13.8 Å². The summed E-state index contributed by atoms with van der Waals surface area (Å²) in [5.41, 5.74) is -0.519. The normalized spacial score (nSPS) is 18.5. The van der Waals surface area contributed by atoms with E-state index >= 15 is 0 Å². The molecule has 24 heteroatoms. The monoisotopic (exact) mass is 933 g/mol. The van der Waals surface area contributed by atoms with E-state index in [2.05, 4.69) is 0 Å². The van der Waals surface area contributed by atoms with Crippen molar-refractivity contribution in [2.45, 2.75) is 87.4 Å². The summed E-state index contributed by atoms with van der Waals surface area (Å²) in [7, 11) is 0. The van der Waals surface area contributed by atoms with Gasteiger partial charge in [-0.05, 0) is 6.42 Å². The van der Waals surface area contributed by atoms with E-state index in [4.69, 9.17) is 72.5 Å². The van der Waals surface area contributed by atoms with Crippen LogP contribution in [-0.4, -0.2) is 292 Å². The van der Waals surface area contributed by atoms with Gasteiger partial charge in [-0.2, -0.15) is 0 Å². The van der Waals surface area contributed by atoms with Crippen LogP contribution >= 0.6 is 0 Å². The van der Waals surface area contributed by atoms with Crippen LogP contribution in [0.5, 0.6) is 0 Å². The minimum absolute atomic E-state index is 0.0168. The average Bonchev–Trinajstić information content (AvgIpc) is 3.27. The molecule has 13 N–H and O–H groups in total. The van der Waals surface area contributed by atoms with Gasteiger partial charge in [-0.3, -0.25) is 0 Å². The van der Waals surface area contributed by atoms with Crippen LogP contribution in [0.2, 0.25) is 0 Å². The lowest BCUT2D eigenvalue weighted by atomic mass is 9.90. The quantitative estimate of drug-likeness (QED) is 0.0270. The van der Waals surface area contributed by atoms with E-state index in [1.165, 1.54) is 0 Å². The Bertz CT molecular complexity index is 995. The van der Waals surface area contributed by atoms with Crippen LogP contribution in [0.4, 0.5) is 0 Å². The van der Waals surface area contributed by atoms with Crippen molar-refractivity contribution in [3.8, 4) is 0 Å². The molecule has 380 valence electrons. The van der Waals surface area contributed by atoms with Gasteiger partial charge in [0.25, 0.3) is 0 Å². The molecule has 0 aromatic rings. The zero-order chi connectivity index (χ0) is 47.3. The molecule has 0 radical (unpaired) electrons.